The molecule has 0 aliphatic carbocycles. The number of carbonyl (C=O) groups is 1. The van der Waals surface area contributed by atoms with Gasteiger partial charge in [-0.25, -0.2) is 0 Å². The van der Waals surface area contributed by atoms with Crippen LogP contribution in [-0.2, 0) is 6.54 Å². The Morgan fingerprint density at radius 3 is 2.58 bits per heavy atom. The second-order valence-electron chi connectivity index (χ2n) is 6.44. The van der Waals surface area contributed by atoms with Crippen molar-refractivity contribution in [2.45, 2.75) is 13.0 Å². The zero-order valence-corrected chi connectivity index (χ0v) is 14.5. The number of carbonyl (C=O) groups excluding carboxylic acids is 1. The van der Waals surface area contributed by atoms with Gasteiger partial charge in [0.05, 0.1) is 4.92 Å². The van der Waals surface area contributed by atoms with Crippen molar-refractivity contribution in [1.82, 2.24) is 9.80 Å². The number of anilines is 1. The normalized spacial score (nSPS) is 15.5. The van der Waals surface area contributed by atoms with E-state index in [2.05, 4.69) is 17.0 Å². The lowest BCUT2D eigenvalue weighted by molar-refractivity contribution is -0.383. The van der Waals surface area contributed by atoms with E-state index in [1.54, 1.807) is 11.0 Å². The summed E-state index contributed by atoms with van der Waals surface area (Å²) in [5.74, 6) is -0.185. The molecule has 26 heavy (non-hydrogen) atoms. The molecule has 0 unspecified atom stereocenters. The second-order valence-corrected chi connectivity index (χ2v) is 6.44. The summed E-state index contributed by atoms with van der Waals surface area (Å²) in [7, 11) is 0. The highest BCUT2D eigenvalue weighted by Crippen LogP contribution is 2.23. The molecule has 1 saturated heterocycles. The standard InChI is InChI=1S/C19H22N4O3/c20-17-8-7-16(13-18(17)23(25)26)19(24)22-10-4-9-21(11-12-22)14-15-5-2-1-3-6-15/h1-3,5-8,13H,4,9-12,14,20H2. The molecular weight excluding hydrogens is 332 g/mol. The number of nitrogens with zero attached hydrogens (tertiary/aromatic N) is 3. The number of nitro benzene ring substituents is 1. The van der Waals surface area contributed by atoms with Crippen molar-refractivity contribution >= 4 is 17.3 Å². The molecule has 7 nitrogen and oxygen atoms in total. The van der Waals surface area contributed by atoms with E-state index in [9.17, 15) is 14.9 Å². The van der Waals surface area contributed by atoms with Crippen molar-refractivity contribution in [3.05, 3.63) is 69.8 Å². The number of hydrogen-bond acceptors (Lipinski definition) is 5. The van der Waals surface area contributed by atoms with E-state index in [0.717, 1.165) is 26.1 Å². The molecule has 2 N–H and O–H groups in total. The highest BCUT2D eigenvalue weighted by atomic mass is 16.6. The second kappa shape index (κ2) is 7.97. The Morgan fingerprint density at radius 2 is 1.85 bits per heavy atom. The van der Waals surface area contributed by atoms with E-state index in [1.165, 1.54) is 17.7 Å². The van der Waals surface area contributed by atoms with Crippen molar-refractivity contribution in [2.24, 2.45) is 0 Å². The van der Waals surface area contributed by atoms with E-state index in [0.29, 0.717) is 18.7 Å². The first-order valence-electron chi connectivity index (χ1n) is 8.64. The van der Waals surface area contributed by atoms with Gasteiger partial charge in [-0.05, 0) is 24.1 Å². The molecule has 0 atom stereocenters. The third-order valence-electron chi connectivity index (χ3n) is 4.60. The molecule has 0 aromatic heterocycles. The van der Waals surface area contributed by atoms with Crippen LogP contribution in [0.15, 0.2) is 48.5 Å². The van der Waals surface area contributed by atoms with Crippen LogP contribution in [0.3, 0.4) is 0 Å². The fraction of sp³-hybridized carbons (Fsp3) is 0.316. The fourth-order valence-electron chi connectivity index (χ4n) is 3.19. The summed E-state index contributed by atoms with van der Waals surface area (Å²) in [5.41, 5.74) is 7.01. The molecule has 2 aromatic carbocycles. The highest BCUT2D eigenvalue weighted by Gasteiger charge is 2.22. The van der Waals surface area contributed by atoms with Gasteiger partial charge in [0.2, 0.25) is 0 Å². The topological polar surface area (TPSA) is 92.7 Å². The zero-order chi connectivity index (χ0) is 18.5. The van der Waals surface area contributed by atoms with E-state index >= 15 is 0 Å². The van der Waals surface area contributed by atoms with Gasteiger partial charge < -0.3 is 10.6 Å². The van der Waals surface area contributed by atoms with Crippen molar-refractivity contribution in [2.75, 3.05) is 31.9 Å². The van der Waals surface area contributed by atoms with Crippen LogP contribution in [-0.4, -0.2) is 46.8 Å². The van der Waals surface area contributed by atoms with Gasteiger partial charge in [0.15, 0.2) is 0 Å². The summed E-state index contributed by atoms with van der Waals surface area (Å²) in [6, 6.07) is 14.5. The summed E-state index contributed by atoms with van der Waals surface area (Å²) in [6.45, 7) is 3.79. The SMILES string of the molecule is Nc1ccc(C(=O)N2CCCN(Cc3ccccc3)CC2)cc1[N+](=O)[O-]. The van der Waals surface area contributed by atoms with Crippen LogP contribution in [0.4, 0.5) is 11.4 Å². The molecular formula is C19H22N4O3. The van der Waals surface area contributed by atoms with E-state index in [-0.39, 0.29) is 17.3 Å². The van der Waals surface area contributed by atoms with Gasteiger partial charge in [0.25, 0.3) is 11.6 Å². The minimum atomic E-state index is -0.559. The maximum absolute atomic E-state index is 12.7. The van der Waals surface area contributed by atoms with Crippen molar-refractivity contribution < 1.29 is 9.72 Å². The number of benzene rings is 2. The van der Waals surface area contributed by atoms with Crippen LogP contribution < -0.4 is 5.73 Å². The van der Waals surface area contributed by atoms with Crippen LogP contribution in [0.2, 0.25) is 0 Å². The number of nitrogens with two attached hydrogens (primary N) is 1. The minimum absolute atomic E-state index is 0.0662. The fourth-order valence-corrected chi connectivity index (χ4v) is 3.19. The summed E-state index contributed by atoms with van der Waals surface area (Å²) in [6.07, 6.45) is 0.871. The van der Waals surface area contributed by atoms with Crippen molar-refractivity contribution in [3.63, 3.8) is 0 Å². The third-order valence-corrected chi connectivity index (χ3v) is 4.60. The van der Waals surface area contributed by atoms with E-state index in [4.69, 9.17) is 5.73 Å². The summed E-state index contributed by atoms with van der Waals surface area (Å²) in [4.78, 5) is 27.3. The Labute approximate surface area is 152 Å². The van der Waals surface area contributed by atoms with E-state index < -0.39 is 4.92 Å². The molecule has 1 amide bonds. The first-order valence-corrected chi connectivity index (χ1v) is 8.64. The Morgan fingerprint density at radius 1 is 1.08 bits per heavy atom. The minimum Gasteiger partial charge on any atom is -0.393 e. The average Bonchev–Trinajstić information content (AvgIpc) is 2.88. The third kappa shape index (κ3) is 4.18. The van der Waals surface area contributed by atoms with Crippen LogP contribution in [0.1, 0.15) is 22.3 Å². The van der Waals surface area contributed by atoms with Crippen LogP contribution in [0, 0.1) is 10.1 Å². The quantitative estimate of drug-likeness (QED) is 0.517. The Bertz CT molecular complexity index is 795. The molecule has 1 aliphatic heterocycles. The van der Waals surface area contributed by atoms with Gasteiger partial charge in [-0.15, -0.1) is 0 Å². The van der Waals surface area contributed by atoms with Crippen LogP contribution >= 0.6 is 0 Å². The lowest BCUT2D eigenvalue weighted by Gasteiger charge is -2.22. The largest absolute Gasteiger partial charge is 0.393 e. The highest BCUT2D eigenvalue weighted by molar-refractivity contribution is 5.95. The number of rotatable bonds is 4. The number of nitrogen functional groups attached to an aromatic ring is 1. The molecule has 7 heteroatoms. The summed E-state index contributed by atoms with van der Waals surface area (Å²) >= 11 is 0. The maximum atomic E-state index is 12.7. The van der Waals surface area contributed by atoms with Crippen LogP contribution in [0.5, 0.6) is 0 Å². The van der Waals surface area contributed by atoms with Crippen LogP contribution in [0.25, 0.3) is 0 Å². The van der Waals surface area contributed by atoms with Gasteiger partial charge in [-0.3, -0.25) is 19.8 Å². The molecule has 3 rings (SSSR count). The molecule has 0 spiro atoms. The van der Waals surface area contributed by atoms with Crippen molar-refractivity contribution in [3.8, 4) is 0 Å². The zero-order valence-electron chi connectivity index (χ0n) is 14.5. The predicted octanol–water partition coefficient (Wildman–Crippen LogP) is 2.53. The van der Waals surface area contributed by atoms with Crippen molar-refractivity contribution in [1.29, 1.82) is 0 Å². The van der Waals surface area contributed by atoms with Gasteiger partial charge in [0.1, 0.15) is 5.69 Å². The van der Waals surface area contributed by atoms with Gasteiger partial charge in [-0.2, -0.15) is 0 Å². The van der Waals surface area contributed by atoms with Gasteiger partial charge in [-0.1, -0.05) is 30.3 Å². The molecule has 1 heterocycles. The number of amides is 1. The molecule has 0 saturated carbocycles. The molecule has 1 aliphatic rings. The molecule has 2 aromatic rings. The van der Waals surface area contributed by atoms with Gasteiger partial charge >= 0.3 is 0 Å². The molecule has 0 bridgehead atoms. The lowest BCUT2D eigenvalue weighted by Crippen LogP contribution is -2.35. The average molecular weight is 354 g/mol. The maximum Gasteiger partial charge on any atom is 0.292 e. The Kier molecular flexibility index (Phi) is 5.48. The molecule has 0 radical (unpaired) electrons. The number of nitro groups is 1. The first kappa shape index (κ1) is 17.9. The Hall–Kier alpha value is -2.93. The molecule has 1 fully saturated rings. The smallest absolute Gasteiger partial charge is 0.292 e. The lowest BCUT2D eigenvalue weighted by atomic mass is 10.1. The predicted molar refractivity (Wildman–Crippen MR) is 99.7 cm³/mol. The monoisotopic (exact) mass is 354 g/mol. The summed E-state index contributed by atoms with van der Waals surface area (Å²) < 4.78 is 0. The summed E-state index contributed by atoms with van der Waals surface area (Å²) in [5, 5.41) is 11.0. The first-order chi connectivity index (χ1) is 12.5. The number of hydrogen-bond donors (Lipinski definition) is 1. The van der Waals surface area contributed by atoms with E-state index in [1.807, 2.05) is 18.2 Å². The van der Waals surface area contributed by atoms with Gasteiger partial charge in [0, 0.05) is 44.4 Å². The molecule has 136 valence electrons. The Balaban J connectivity index is 1.66.